The largest absolute Gasteiger partial charge is 0.350 e. The molecular formula is C18H25N3. The van der Waals surface area contributed by atoms with Gasteiger partial charge in [-0.25, -0.2) is 4.98 Å². The van der Waals surface area contributed by atoms with E-state index in [1.807, 2.05) is 6.20 Å². The van der Waals surface area contributed by atoms with Crippen molar-refractivity contribution in [3.8, 4) is 0 Å². The first-order chi connectivity index (χ1) is 10.2. The van der Waals surface area contributed by atoms with Crippen molar-refractivity contribution < 1.29 is 0 Å². The molecule has 0 saturated heterocycles. The molecule has 112 valence electrons. The Hall–Kier alpha value is -1.87. The summed E-state index contributed by atoms with van der Waals surface area (Å²) in [4.78, 5) is 6.90. The Kier molecular flexibility index (Phi) is 5.76. The van der Waals surface area contributed by atoms with Crippen LogP contribution in [0, 0.1) is 0 Å². The Bertz CT molecular complexity index is 537. The SMILES string of the molecule is CCNCc1ccnc(N(Cc2ccccc2)C(C)C)c1. The topological polar surface area (TPSA) is 28.2 Å². The van der Waals surface area contributed by atoms with Crippen molar-refractivity contribution in [1.82, 2.24) is 10.3 Å². The van der Waals surface area contributed by atoms with Crippen molar-refractivity contribution in [2.75, 3.05) is 11.4 Å². The molecule has 1 heterocycles. The van der Waals surface area contributed by atoms with Crippen molar-refractivity contribution in [3.63, 3.8) is 0 Å². The fourth-order valence-corrected chi connectivity index (χ4v) is 2.31. The fourth-order valence-electron chi connectivity index (χ4n) is 2.31. The number of hydrogen-bond donors (Lipinski definition) is 1. The first-order valence-corrected chi connectivity index (χ1v) is 7.67. The van der Waals surface area contributed by atoms with E-state index in [4.69, 9.17) is 0 Å². The second-order valence-corrected chi connectivity index (χ2v) is 5.51. The van der Waals surface area contributed by atoms with Crippen LogP contribution >= 0.6 is 0 Å². The van der Waals surface area contributed by atoms with Crippen molar-refractivity contribution in [3.05, 3.63) is 59.8 Å². The number of aromatic nitrogens is 1. The Morgan fingerprint density at radius 2 is 1.86 bits per heavy atom. The summed E-state index contributed by atoms with van der Waals surface area (Å²) in [7, 11) is 0. The molecular weight excluding hydrogens is 258 g/mol. The van der Waals surface area contributed by atoms with Crippen molar-refractivity contribution >= 4 is 5.82 Å². The van der Waals surface area contributed by atoms with Gasteiger partial charge in [0.05, 0.1) is 0 Å². The van der Waals surface area contributed by atoms with Crippen molar-refractivity contribution in [2.45, 2.75) is 39.9 Å². The third-order valence-corrected chi connectivity index (χ3v) is 3.50. The molecule has 0 atom stereocenters. The minimum absolute atomic E-state index is 0.409. The number of pyridine rings is 1. The predicted molar refractivity (Wildman–Crippen MR) is 89.4 cm³/mol. The molecule has 21 heavy (non-hydrogen) atoms. The molecule has 0 radical (unpaired) electrons. The summed E-state index contributed by atoms with van der Waals surface area (Å²) in [5, 5.41) is 3.36. The van der Waals surface area contributed by atoms with Gasteiger partial charge in [0.2, 0.25) is 0 Å². The number of rotatable bonds is 7. The molecule has 1 aromatic carbocycles. The highest BCUT2D eigenvalue weighted by atomic mass is 15.2. The summed E-state index contributed by atoms with van der Waals surface area (Å²) in [5.41, 5.74) is 2.59. The Balaban J connectivity index is 2.18. The molecule has 0 saturated carbocycles. The third-order valence-electron chi connectivity index (χ3n) is 3.50. The van der Waals surface area contributed by atoms with Gasteiger partial charge in [-0.3, -0.25) is 0 Å². The van der Waals surface area contributed by atoms with Gasteiger partial charge in [0, 0.05) is 25.3 Å². The lowest BCUT2D eigenvalue weighted by Gasteiger charge is -2.28. The minimum atomic E-state index is 0.409. The Morgan fingerprint density at radius 3 is 2.52 bits per heavy atom. The average Bonchev–Trinajstić information content (AvgIpc) is 2.51. The van der Waals surface area contributed by atoms with Crippen LogP contribution in [0.1, 0.15) is 31.9 Å². The van der Waals surface area contributed by atoms with Crippen LogP contribution in [-0.4, -0.2) is 17.6 Å². The minimum Gasteiger partial charge on any atom is -0.350 e. The van der Waals surface area contributed by atoms with Crippen LogP contribution in [0.4, 0.5) is 5.82 Å². The van der Waals surface area contributed by atoms with E-state index in [-0.39, 0.29) is 0 Å². The first-order valence-electron chi connectivity index (χ1n) is 7.67. The zero-order chi connectivity index (χ0) is 15.1. The summed E-state index contributed by atoms with van der Waals surface area (Å²) in [6.07, 6.45) is 1.91. The number of benzene rings is 1. The van der Waals surface area contributed by atoms with Crippen LogP contribution in [0.5, 0.6) is 0 Å². The standard InChI is InChI=1S/C18H25N3/c1-4-19-13-17-10-11-20-18(12-17)21(15(2)3)14-16-8-6-5-7-9-16/h5-12,15,19H,4,13-14H2,1-3H3. The molecule has 0 spiro atoms. The number of hydrogen-bond acceptors (Lipinski definition) is 3. The van der Waals surface area contributed by atoms with Crippen molar-refractivity contribution in [1.29, 1.82) is 0 Å². The highest BCUT2D eigenvalue weighted by molar-refractivity contribution is 5.43. The maximum atomic E-state index is 4.56. The molecule has 2 rings (SSSR count). The molecule has 0 amide bonds. The van der Waals surface area contributed by atoms with Crippen LogP contribution in [0.3, 0.4) is 0 Å². The van der Waals surface area contributed by atoms with E-state index in [1.165, 1.54) is 11.1 Å². The lowest BCUT2D eigenvalue weighted by atomic mass is 10.1. The van der Waals surface area contributed by atoms with E-state index in [2.05, 4.69) is 78.4 Å². The smallest absolute Gasteiger partial charge is 0.129 e. The van der Waals surface area contributed by atoms with Crippen LogP contribution in [0.15, 0.2) is 48.7 Å². The van der Waals surface area contributed by atoms with Gasteiger partial charge in [-0.05, 0) is 43.7 Å². The van der Waals surface area contributed by atoms with Gasteiger partial charge >= 0.3 is 0 Å². The molecule has 2 aromatic rings. The van der Waals surface area contributed by atoms with Gasteiger partial charge in [0.25, 0.3) is 0 Å². The summed E-state index contributed by atoms with van der Waals surface area (Å²) >= 11 is 0. The highest BCUT2D eigenvalue weighted by Gasteiger charge is 2.12. The predicted octanol–water partition coefficient (Wildman–Crippen LogP) is 3.61. The molecule has 0 bridgehead atoms. The molecule has 0 fully saturated rings. The maximum Gasteiger partial charge on any atom is 0.129 e. The van der Waals surface area contributed by atoms with E-state index >= 15 is 0 Å². The van der Waals surface area contributed by atoms with Crippen molar-refractivity contribution in [2.24, 2.45) is 0 Å². The second kappa shape index (κ2) is 7.79. The molecule has 3 heteroatoms. The van der Waals surface area contributed by atoms with Gasteiger partial charge in [-0.15, -0.1) is 0 Å². The van der Waals surface area contributed by atoms with Gasteiger partial charge in [0.1, 0.15) is 5.82 Å². The molecule has 1 N–H and O–H groups in total. The molecule has 0 unspecified atom stereocenters. The zero-order valence-electron chi connectivity index (χ0n) is 13.2. The van der Waals surface area contributed by atoms with E-state index in [0.29, 0.717) is 6.04 Å². The van der Waals surface area contributed by atoms with Crippen LogP contribution in [0.25, 0.3) is 0 Å². The molecule has 0 aliphatic carbocycles. The summed E-state index contributed by atoms with van der Waals surface area (Å²) in [6.45, 7) is 9.30. The highest BCUT2D eigenvalue weighted by Crippen LogP contribution is 2.19. The number of anilines is 1. The van der Waals surface area contributed by atoms with Gasteiger partial charge in [0.15, 0.2) is 0 Å². The van der Waals surface area contributed by atoms with Gasteiger partial charge in [-0.2, -0.15) is 0 Å². The van der Waals surface area contributed by atoms with Gasteiger partial charge in [-0.1, -0.05) is 37.3 Å². The Morgan fingerprint density at radius 1 is 1.10 bits per heavy atom. The van der Waals surface area contributed by atoms with Crippen LogP contribution in [0.2, 0.25) is 0 Å². The third kappa shape index (κ3) is 4.57. The molecule has 0 aliphatic heterocycles. The lowest BCUT2D eigenvalue weighted by Crippen LogP contribution is -2.31. The molecule has 3 nitrogen and oxygen atoms in total. The van der Waals surface area contributed by atoms with Crippen LogP contribution < -0.4 is 10.2 Å². The average molecular weight is 283 g/mol. The zero-order valence-corrected chi connectivity index (χ0v) is 13.2. The summed E-state index contributed by atoms with van der Waals surface area (Å²) in [6, 6.07) is 15.2. The quantitative estimate of drug-likeness (QED) is 0.841. The number of nitrogens with one attached hydrogen (secondary N) is 1. The van der Waals surface area contributed by atoms with E-state index in [9.17, 15) is 0 Å². The normalized spacial score (nSPS) is 10.9. The van der Waals surface area contributed by atoms with Crippen LogP contribution in [-0.2, 0) is 13.1 Å². The van der Waals surface area contributed by atoms with E-state index in [0.717, 1.165) is 25.5 Å². The first kappa shape index (κ1) is 15.5. The van der Waals surface area contributed by atoms with E-state index in [1.54, 1.807) is 0 Å². The fraction of sp³-hybridized carbons (Fsp3) is 0.389. The Labute approximate surface area is 128 Å². The molecule has 1 aromatic heterocycles. The number of nitrogens with zero attached hydrogens (tertiary/aromatic N) is 2. The lowest BCUT2D eigenvalue weighted by molar-refractivity contribution is 0.669. The maximum absolute atomic E-state index is 4.56. The van der Waals surface area contributed by atoms with E-state index < -0.39 is 0 Å². The second-order valence-electron chi connectivity index (χ2n) is 5.51. The molecule has 0 aliphatic rings. The summed E-state index contributed by atoms with van der Waals surface area (Å²) in [5.74, 6) is 1.05. The monoisotopic (exact) mass is 283 g/mol. The summed E-state index contributed by atoms with van der Waals surface area (Å²) < 4.78 is 0. The van der Waals surface area contributed by atoms with Gasteiger partial charge < -0.3 is 10.2 Å².